The molecule has 0 bridgehead atoms. The normalized spacial score (nSPS) is 15.9. The molecule has 4 aromatic carbocycles. The van der Waals surface area contributed by atoms with Gasteiger partial charge >= 0.3 is 0 Å². The molecule has 0 aromatic heterocycles. The predicted molar refractivity (Wildman–Crippen MR) is 215 cm³/mol. The van der Waals surface area contributed by atoms with E-state index >= 15 is 0 Å². The first-order valence-corrected chi connectivity index (χ1v) is 22.0. The molecule has 2 amide bonds. The second-order valence-electron chi connectivity index (χ2n) is 13.6. The molecule has 0 unspecified atom stereocenters. The smallest absolute Gasteiger partial charge is 0.255 e. The highest BCUT2D eigenvalue weighted by Crippen LogP contribution is 2.37. The number of carbonyl (C=O) groups excluding carboxylic acids is 2. The van der Waals surface area contributed by atoms with Gasteiger partial charge in [0.25, 0.3) is 11.8 Å². The Kier molecular flexibility index (Phi) is 15.2. The van der Waals surface area contributed by atoms with Crippen LogP contribution in [0.4, 0.5) is 28.9 Å². The molecule has 57 heavy (non-hydrogen) atoms. The lowest BCUT2D eigenvalue weighted by atomic mass is 10.0. The van der Waals surface area contributed by atoms with E-state index in [4.69, 9.17) is 39.6 Å². The molecular formula is C38H39Cl3F4N4O6S2. The number of nitrogens with one attached hydrogen (secondary N) is 3. The van der Waals surface area contributed by atoms with Crippen molar-refractivity contribution < 1.29 is 44.0 Å². The third-order valence-electron chi connectivity index (χ3n) is 9.05. The second-order valence-corrected chi connectivity index (χ2v) is 19.9. The first kappa shape index (κ1) is 45.9. The van der Waals surface area contributed by atoms with Gasteiger partial charge in [-0.05, 0) is 125 Å². The highest BCUT2D eigenvalue weighted by molar-refractivity contribution is 8.14. The lowest BCUT2D eigenvalue weighted by molar-refractivity contribution is 0.101. The lowest BCUT2D eigenvalue weighted by Gasteiger charge is -2.17. The van der Waals surface area contributed by atoms with Crippen LogP contribution in [0.1, 0.15) is 95.6 Å². The van der Waals surface area contributed by atoms with Gasteiger partial charge in [-0.1, -0.05) is 23.2 Å². The van der Waals surface area contributed by atoms with Gasteiger partial charge in [0.2, 0.25) is 19.1 Å². The van der Waals surface area contributed by atoms with E-state index in [0.717, 1.165) is 12.1 Å². The summed E-state index contributed by atoms with van der Waals surface area (Å²) >= 11 is 11.4. The zero-order valence-electron chi connectivity index (χ0n) is 30.9. The van der Waals surface area contributed by atoms with E-state index < -0.39 is 64.9 Å². The summed E-state index contributed by atoms with van der Waals surface area (Å²) in [6.45, 7) is 6.13. The monoisotopic (exact) mass is 892 g/mol. The van der Waals surface area contributed by atoms with Crippen LogP contribution in [-0.2, 0) is 31.9 Å². The highest BCUT2D eigenvalue weighted by atomic mass is 35.7. The maximum Gasteiger partial charge on any atom is 0.255 e. The third-order valence-corrected chi connectivity index (χ3v) is 13.7. The molecule has 0 aliphatic heterocycles. The predicted octanol–water partition coefficient (Wildman–Crippen LogP) is 8.97. The van der Waals surface area contributed by atoms with Crippen LogP contribution >= 0.6 is 33.9 Å². The number of nitrogens with two attached hydrogens (primary N) is 1. The van der Waals surface area contributed by atoms with Crippen LogP contribution in [0.3, 0.4) is 0 Å². The van der Waals surface area contributed by atoms with Gasteiger partial charge < -0.3 is 16.4 Å². The largest absolute Gasteiger partial charge is 0.324 e. The van der Waals surface area contributed by atoms with E-state index in [2.05, 4.69) is 15.4 Å². The number of rotatable bonds is 8. The molecule has 0 heterocycles. The first-order valence-electron chi connectivity index (χ1n) is 17.4. The van der Waals surface area contributed by atoms with E-state index in [9.17, 15) is 44.0 Å². The van der Waals surface area contributed by atoms with Crippen molar-refractivity contribution in [3.05, 3.63) is 127 Å². The van der Waals surface area contributed by atoms with Crippen molar-refractivity contribution in [2.75, 3.05) is 10.6 Å². The van der Waals surface area contributed by atoms with E-state index in [1.165, 1.54) is 76.2 Å². The summed E-state index contributed by atoms with van der Waals surface area (Å²) in [4.78, 5) is 25.0. The number of anilines is 2. The van der Waals surface area contributed by atoms with Crippen LogP contribution in [0, 0.1) is 23.3 Å². The van der Waals surface area contributed by atoms with Gasteiger partial charge in [0.05, 0.1) is 26.6 Å². The quantitative estimate of drug-likeness (QED) is 0.101. The average molecular weight is 894 g/mol. The molecule has 0 fully saturated rings. The number of hydrogen-bond donors (Lipinski definition) is 4. The lowest BCUT2D eigenvalue weighted by Crippen LogP contribution is -2.33. The van der Waals surface area contributed by atoms with Crippen molar-refractivity contribution in [3.63, 3.8) is 0 Å². The van der Waals surface area contributed by atoms with Gasteiger partial charge in [0.15, 0.2) is 0 Å². The summed E-state index contributed by atoms with van der Waals surface area (Å²) in [5.41, 5.74) is 8.85. The minimum absolute atomic E-state index is 0.0795. The third kappa shape index (κ3) is 11.5. The zero-order valence-corrected chi connectivity index (χ0v) is 34.8. The maximum atomic E-state index is 14.5. The first-order chi connectivity index (χ1) is 26.5. The summed E-state index contributed by atoms with van der Waals surface area (Å²) in [6, 6.07) is 11.7. The molecule has 308 valence electrons. The molecule has 0 radical (unpaired) electrons. The molecule has 2 aliphatic rings. The van der Waals surface area contributed by atoms with Gasteiger partial charge in [0, 0.05) is 50.4 Å². The molecule has 2 aliphatic carbocycles. The molecule has 0 spiro atoms. The van der Waals surface area contributed by atoms with Crippen LogP contribution in [0.25, 0.3) is 0 Å². The minimum atomic E-state index is -3.60. The van der Waals surface area contributed by atoms with Crippen molar-refractivity contribution in [1.29, 1.82) is 0 Å². The molecule has 6 rings (SSSR count). The molecular weight excluding hydrogens is 855 g/mol. The number of amides is 2. The Labute approximate surface area is 342 Å². The number of sulfonamides is 1. The summed E-state index contributed by atoms with van der Waals surface area (Å²) < 4.78 is 102. The van der Waals surface area contributed by atoms with Crippen LogP contribution in [0.2, 0.25) is 10.0 Å². The fraction of sp³-hybridized carbons (Fsp3) is 0.316. The van der Waals surface area contributed by atoms with E-state index in [1.54, 1.807) is 0 Å². The Balaban J connectivity index is 0.000000221. The number of halogens is 7. The summed E-state index contributed by atoms with van der Waals surface area (Å²) in [7, 11) is -2.03. The van der Waals surface area contributed by atoms with Gasteiger partial charge in [0.1, 0.15) is 23.3 Å². The van der Waals surface area contributed by atoms with E-state index in [0.29, 0.717) is 59.3 Å². The van der Waals surface area contributed by atoms with Gasteiger partial charge in [-0.3, -0.25) is 9.59 Å². The summed E-state index contributed by atoms with van der Waals surface area (Å²) in [6.07, 6.45) is 1.87. The van der Waals surface area contributed by atoms with Crippen molar-refractivity contribution in [1.82, 2.24) is 4.72 Å². The Bertz CT molecular complexity index is 2400. The van der Waals surface area contributed by atoms with Gasteiger partial charge in [-0.2, -0.15) is 0 Å². The van der Waals surface area contributed by atoms with Crippen LogP contribution in [0.15, 0.2) is 60.7 Å². The van der Waals surface area contributed by atoms with Crippen molar-refractivity contribution in [2.24, 2.45) is 5.73 Å². The Morgan fingerprint density at radius 3 is 1.49 bits per heavy atom. The summed E-state index contributed by atoms with van der Waals surface area (Å²) in [5, 5.41) is 3.91. The van der Waals surface area contributed by atoms with Crippen LogP contribution < -0.4 is 21.1 Å². The minimum Gasteiger partial charge on any atom is -0.324 e. The molecule has 4 aromatic rings. The molecule has 2 atom stereocenters. The summed E-state index contributed by atoms with van der Waals surface area (Å²) in [5.74, 6) is -3.03. The molecule has 10 nitrogen and oxygen atoms in total. The fourth-order valence-electron chi connectivity index (χ4n) is 5.89. The maximum absolute atomic E-state index is 14.5. The van der Waals surface area contributed by atoms with Crippen LogP contribution in [-0.4, -0.2) is 39.1 Å². The van der Waals surface area contributed by atoms with E-state index in [-0.39, 0.29) is 33.0 Å². The average Bonchev–Trinajstić information content (AvgIpc) is 3.72. The Morgan fingerprint density at radius 1 is 0.667 bits per heavy atom. The topological polar surface area (TPSA) is 165 Å². The molecule has 0 saturated carbocycles. The zero-order chi connectivity index (χ0) is 42.6. The number of fused-ring (bicyclic) bond motifs is 2. The van der Waals surface area contributed by atoms with Gasteiger partial charge in [-0.15, -0.1) is 0 Å². The van der Waals surface area contributed by atoms with Crippen molar-refractivity contribution in [3.8, 4) is 0 Å². The van der Waals surface area contributed by atoms with Gasteiger partial charge in [-0.25, -0.2) is 39.1 Å². The number of hydrogen-bond acceptors (Lipinski definition) is 7. The Hall–Kier alpha value is -3.77. The van der Waals surface area contributed by atoms with Crippen molar-refractivity contribution >= 4 is 76.1 Å². The second kappa shape index (κ2) is 18.9. The standard InChI is InChI=1S/C19H19ClF2N2O3S.C16H13ClF2N2O.C3H7ClO2S/c1-10(2)28(26,27)24-17-8-5-12-13(4-7-16(22)18(12)17)19(25)23-11-3-6-15(21)14(20)9-11;17-11-7-8(1-4-12(11)18)21-16(22)10-2-5-13(19)15-9(10)3-6-14(15)20;1-3(2)7(4,5)6/h3-4,6-7,9-10,17,24H,5,8H2,1-2H3,(H,23,25);1-2,4-5,7,14H,3,6,20H2,(H,21,22);3H,1-2H3/t17-;14-;/m00./s1. The van der Waals surface area contributed by atoms with Crippen molar-refractivity contribution in [2.45, 2.75) is 76.0 Å². The van der Waals surface area contributed by atoms with Crippen LogP contribution in [0.5, 0.6) is 0 Å². The molecule has 5 N–H and O–H groups in total. The fourth-order valence-corrected chi connectivity index (χ4v) is 7.15. The highest BCUT2D eigenvalue weighted by Gasteiger charge is 2.33. The number of benzene rings is 4. The molecule has 0 saturated heterocycles. The number of carbonyl (C=O) groups is 2. The van der Waals surface area contributed by atoms with E-state index in [1.807, 2.05) is 0 Å². The SMILES string of the molecule is CC(C)S(=O)(=O)Cl.CC(C)S(=O)(=O)N[C@H]1CCc2c(C(=O)Nc3ccc(F)c(Cl)c3)ccc(F)c21.N[C@H]1CCc2c(C(=O)Nc3ccc(F)c(Cl)c3)ccc(F)c21. The molecule has 19 heteroatoms. The Morgan fingerprint density at radius 2 is 1.07 bits per heavy atom.